The molecular formula is C21H20N2O3S. The van der Waals surface area contributed by atoms with Crippen LogP contribution in [0.25, 0.3) is 0 Å². The van der Waals surface area contributed by atoms with Crippen LogP contribution in [-0.4, -0.2) is 23.8 Å². The summed E-state index contributed by atoms with van der Waals surface area (Å²) < 4.78 is 11.1. The number of pyridine rings is 1. The van der Waals surface area contributed by atoms with Crippen molar-refractivity contribution in [2.45, 2.75) is 5.75 Å². The van der Waals surface area contributed by atoms with Crippen LogP contribution in [0.3, 0.4) is 0 Å². The van der Waals surface area contributed by atoms with Crippen molar-refractivity contribution in [3.8, 4) is 17.2 Å². The SMILES string of the molecule is COc1ccccc1Oc1ccc(NC(=O)CSCc2ccccn2)cc1. The summed E-state index contributed by atoms with van der Waals surface area (Å²) >= 11 is 1.53. The Morgan fingerprint density at radius 2 is 1.74 bits per heavy atom. The second-order valence-corrected chi connectivity index (χ2v) is 6.62. The molecule has 1 heterocycles. The van der Waals surface area contributed by atoms with Crippen molar-refractivity contribution < 1.29 is 14.3 Å². The molecule has 138 valence electrons. The zero-order chi connectivity index (χ0) is 18.9. The van der Waals surface area contributed by atoms with Crippen LogP contribution in [0, 0.1) is 0 Å². The number of thioether (sulfide) groups is 1. The molecular weight excluding hydrogens is 360 g/mol. The molecule has 0 atom stereocenters. The third-order valence-electron chi connectivity index (χ3n) is 3.64. The van der Waals surface area contributed by atoms with Crippen molar-refractivity contribution >= 4 is 23.4 Å². The van der Waals surface area contributed by atoms with Gasteiger partial charge in [-0.3, -0.25) is 9.78 Å². The summed E-state index contributed by atoms with van der Waals surface area (Å²) in [6.45, 7) is 0. The van der Waals surface area contributed by atoms with Gasteiger partial charge in [0, 0.05) is 17.6 Å². The lowest BCUT2D eigenvalue weighted by molar-refractivity contribution is -0.113. The van der Waals surface area contributed by atoms with Gasteiger partial charge in [0.05, 0.1) is 18.6 Å². The van der Waals surface area contributed by atoms with Gasteiger partial charge in [0.1, 0.15) is 5.75 Å². The number of amides is 1. The highest BCUT2D eigenvalue weighted by atomic mass is 32.2. The maximum Gasteiger partial charge on any atom is 0.234 e. The second kappa shape index (κ2) is 9.64. The third kappa shape index (κ3) is 5.76. The minimum atomic E-state index is -0.0469. The minimum absolute atomic E-state index is 0.0469. The normalized spacial score (nSPS) is 10.3. The Hall–Kier alpha value is -2.99. The molecule has 1 aromatic heterocycles. The standard InChI is InChI=1S/C21H20N2O3S/c1-25-19-7-2-3-8-20(19)26-18-11-9-16(10-12-18)23-21(24)15-27-14-17-6-4-5-13-22-17/h2-13H,14-15H2,1H3,(H,23,24). The Bertz CT molecular complexity index is 870. The molecule has 0 aliphatic heterocycles. The van der Waals surface area contributed by atoms with Crippen molar-refractivity contribution in [3.05, 3.63) is 78.6 Å². The molecule has 5 nitrogen and oxygen atoms in total. The van der Waals surface area contributed by atoms with Gasteiger partial charge < -0.3 is 14.8 Å². The number of carbonyl (C=O) groups is 1. The Kier molecular flexibility index (Phi) is 6.71. The molecule has 0 saturated carbocycles. The number of anilines is 1. The van der Waals surface area contributed by atoms with Crippen LogP contribution in [0.5, 0.6) is 17.2 Å². The number of hydrogen-bond acceptors (Lipinski definition) is 5. The highest BCUT2D eigenvalue weighted by Gasteiger charge is 2.06. The molecule has 0 saturated heterocycles. The summed E-state index contributed by atoms with van der Waals surface area (Å²) in [6, 6.07) is 20.5. The number of carbonyl (C=O) groups excluding carboxylic acids is 1. The molecule has 0 fully saturated rings. The van der Waals surface area contributed by atoms with Crippen molar-refractivity contribution in [1.82, 2.24) is 4.98 Å². The summed E-state index contributed by atoms with van der Waals surface area (Å²) in [7, 11) is 1.60. The van der Waals surface area contributed by atoms with Crippen LogP contribution >= 0.6 is 11.8 Å². The number of hydrogen-bond donors (Lipinski definition) is 1. The average Bonchev–Trinajstić information content (AvgIpc) is 2.71. The van der Waals surface area contributed by atoms with Crippen LogP contribution in [0.4, 0.5) is 5.69 Å². The molecule has 0 aliphatic rings. The lowest BCUT2D eigenvalue weighted by atomic mass is 10.3. The zero-order valence-electron chi connectivity index (χ0n) is 14.9. The smallest absolute Gasteiger partial charge is 0.234 e. The molecule has 0 unspecified atom stereocenters. The summed E-state index contributed by atoms with van der Waals surface area (Å²) in [5, 5.41) is 2.88. The first-order chi connectivity index (χ1) is 13.2. The van der Waals surface area contributed by atoms with Gasteiger partial charge in [-0.2, -0.15) is 0 Å². The van der Waals surface area contributed by atoms with E-state index >= 15 is 0 Å². The van der Waals surface area contributed by atoms with E-state index in [1.165, 1.54) is 11.8 Å². The summed E-state index contributed by atoms with van der Waals surface area (Å²) in [5.74, 6) is 3.01. The summed E-state index contributed by atoms with van der Waals surface area (Å²) in [6.07, 6.45) is 1.75. The van der Waals surface area contributed by atoms with Crippen molar-refractivity contribution in [2.24, 2.45) is 0 Å². The van der Waals surface area contributed by atoms with E-state index in [9.17, 15) is 4.79 Å². The number of benzene rings is 2. The Labute approximate surface area is 162 Å². The number of rotatable bonds is 8. The number of nitrogens with one attached hydrogen (secondary N) is 1. The van der Waals surface area contributed by atoms with Crippen molar-refractivity contribution in [2.75, 3.05) is 18.2 Å². The van der Waals surface area contributed by atoms with Gasteiger partial charge in [0.2, 0.25) is 5.91 Å². The largest absolute Gasteiger partial charge is 0.493 e. The fourth-order valence-corrected chi connectivity index (χ4v) is 3.10. The van der Waals surface area contributed by atoms with Gasteiger partial charge in [-0.15, -0.1) is 11.8 Å². The average molecular weight is 380 g/mol. The van der Waals surface area contributed by atoms with Crippen LogP contribution in [0.15, 0.2) is 72.9 Å². The van der Waals surface area contributed by atoms with E-state index in [-0.39, 0.29) is 5.91 Å². The quantitative estimate of drug-likeness (QED) is 0.611. The van der Waals surface area contributed by atoms with Crippen LogP contribution in [-0.2, 0) is 10.5 Å². The van der Waals surface area contributed by atoms with Crippen molar-refractivity contribution in [1.29, 1.82) is 0 Å². The van der Waals surface area contributed by atoms with Gasteiger partial charge in [-0.05, 0) is 48.5 Å². The predicted molar refractivity (Wildman–Crippen MR) is 109 cm³/mol. The first kappa shape index (κ1) is 18.8. The molecule has 6 heteroatoms. The molecule has 0 radical (unpaired) electrons. The van der Waals surface area contributed by atoms with E-state index in [1.807, 2.05) is 66.7 Å². The van der Waals surface area contributed by atoms with E-state index in [1.54, 1.807) is 13.3 Å². The van der Waals surface area contributed by atoms with Crippen LogP contribution in [0.2, 0.25) is 0 Å². The molecule has 1 amide bonds. The Morgan fingerprint density at radius 1 is 1.00 bits per heavy atom. The van der Waals surface area contributed by atoms with Gasteiger partial charge in [0.25, 0.3) is 0 Å². The van der Waals surface area contributed by atoms with E-state index in [0.717, 1.165) is 11.4 Å². The number of nitrogens with zero attached hydrogens (tertiary/aromatic N) is 1. The fourth-order valence-electron chi connectivity index (χ4n) is 2.37. The summed E-state index contributed by atoms with van der Waals surface area (Å²) in [4.78, 5) is 16.3. The van der Waals surface area contributed by atoms with E-state index in [0.29, 0.717) is 28.8 Å². The lowest BCUT2D eigenvalue weighted by Crippen LogP contribution is -2.14. The molecule has 1 N–H and O–H groups in total. The second-order valence-electron chi connectivity index (χ2n) is 5.64. The first-order valence-electron chi connectivity index (χ1n) is 8.43. The number of para-hydroxylation sites is 2. The monoisotopic (exact) mass is 380 g/mol. The predicted octanol–water partition coefficient (Wildman–Crippen LogP) is 4.75. The van der Waals surface area contributed by atoms with E-state index in [4.69, 9.17) is 9.47 Å². The highest BCUT2D eigenvalue weighted by Crippen LogP contribution is 2.31. The van der Waals surface area contributed by atoms with Crippen LogP contribution in [0.1, 0.15) is 5.69 Å². The molecule has 0 aliphatic carbocycles. The fraction of sp³-hybridized carbons (Fsp3) is 0.143. The zero-order valence-corrected chi connectivity index (χ0v) is 15.7. The number of aromatic nitrogens is 1. The van der Waals surface area contributed by atoms with Crippen LogP contribution < -0.4 is 14.8 Å². The van der Waals surface area contributed by atoms with E-state index in [2.05, 4.69) is 10.3 Å². The Morgan fingerprint density at radius 3 is 2.44 bits per heavy atom. The molecule has 0 spiro atoms. The minimum Gasteiger partial charge on any atom is -0.493 e. The number of methoxy groups -OCH3 is 1. The summed E-state index contributed by atoms with van der Waals surface area (Å²) in [5.41, 5.74) is 1.69. The van der Waals surface area contributed by atoms with Crippen molar-refractivity contribution in [3.63, 3.8) is 0 Å². The van der Waals surface area contributed by atoms with Gasteiger partial charge in [-0.25, -0.2) is 0 Å². The lowest BCUT2D eigenvalue weighted by Gasteiger charge is -2.10. The molecule has 0 bridgehead atoms. The maximum atomic E-state index is 12.1. The molecule has 27 heavy (non-hydrogen) atoms. The van der Waals surface area contributed by atoms with E-state index < -0.39 is 0 Å². The first-order valence-corrected chi connectivity index (χ1v) is 9.58. The third-order valence-corrected chi connectivity index (χ3v) is 4.61. The van der Waals surface area contributed by atoms with Gasteiger partial charge in [0.15, 0.2) is 11.5 Å². The molecule has 2 aromatic carbocycles. The molecule has 3 rings (SSSR count). The number of ether oxygens (including phenoxy) is 2. The van der Waals surface area contributed by atoms with Gasteiger partial charge >= 0.3 is 0 Å². The highest BCUT2D eigenvalue weighted by molar-refractivity contribution is 7.99. The Balaban J connectivity index is 1.49. The van der Waals surface area contributed by atoms with Gasteiger partial charge in [-0.1, -0.05) is 18.2 Å². The molecule has 3 aromatic rings. The topological polar surface area (TPSA) is 60.5 Å². The maximum absolute atomic E-state index is 12.1.